The van der Waals surface area contributed by atoms with Gasteiger partial charge in [-0.25, -0.2) is 9.67 Å². The number of benzene rings is 1. The summed E-state index contributed by atoms with van der Waals surface area (Å²) < 4.78 is 2.02. The van der Waals surface area contributed by atoms with Crippen molar-refractivity contribution in [2.45, 2.75) is 77.9 Å². The van der Waals surface area contributed by atoms with E-state index in [9.17, 15) is 9.90 Å². The SMILES string of the molecule is CC(=O)N1CCC(c2nc(-c3cncc(C(O)(c4ccc(C(C)C)cc4)C4(C)CN(C)C4)c3)nn2C(C)C)CC1. The van der Waals surface area contributed by atoms with Crippen LogP contribution >= 0.6 is 0 Å². The average molecular weight is 545 g/mol. The van der Waals surface area contributed by atoms with E-state index in [0.717, 1.165) is 61.5 Å². The quantitative estimate of drug-likeness (QED) is 0.453. The molecule has 0 aliphatic carbocycles. The summed E-state index contributed by atoms with van der Waals surface area (Å²) in [6, 6.07) is 10.6. The second kappa shape index (κ2) is 10.7. The lowest BCUT2D eigenvalue weighted by Crippen LogP contribution is -2.63. The van der Waals surface area contributed by atoms with Crippen LogP contribution < -0.4 is 0 Å². The van der Waals surface area contributed by atoms with Gasteiger partial charge in [0, 0.05) is 74.0 Å². The Labute approximate surface area is 238 Å². The molecule has 0 saturated carbocycles. The summed E-state index contributed by atoms with van der Waals surface area (Å²) in [4.78, 5) is 25.6. The zero-order valence-electron chi connectivity index (χ0n) is 25.1. The molecule has 214 valence electrons. The van der Waals surface area contributed by atoms with Gasteiger partial charge in [0.2, 0.25) is 5.91 Å². The molecule has 5 rings (SSSR count). The predicted molar refractivity (Wildman–Crippen MR) is 157 cm³/mol. The largest absolute Gasteiger partial charge is 0.380 e. The molecule has 1 N–H and O–H groups in total. The van der Waals surface area contributed by atoms with Gasteiger partial charge in [0.25, 0.3) is 0 Å². The molecule has 40 heavy (non-hydrogen) atoms. The molecule has 1 atom stereocenters. The van der Waals surface area contributed by atoms with Gasteiger partial charge in [-0.05, 0) is 56.8 Å². The highest BCUT2D eigenvalue weighted by Gasteiger charge is 2.55. The van der Waals surface area contributed by atoms with E-state index >= 15 is 0 Å². The smallest absolute Gasteiger partial charge is 0.219 e. The van der Waals surface area contributed by atoms with Crippen molar-refractivity contribution in [3.8, 4) is 11.4 Å². The van der Waals surface area contributed by atoms with Gasteiger partial charge in [-0.15, -0.1) is 0 Å². The highest BCUT2D eigenvalue weighted by molar-refractivity contribution is 5.73. The predicted octanol–water partition coefficient (Wildman–Crippen LogP) is 4.96. The second-order valence-corrected chi connectivity index (χ2v) is 12.8. The number of hydrogen-bond donors (Lipinski definition) is 1. The third-order valence-electron chi connectivity index (χ3n) is 8.97. The number of piperidine rings is 1. The summed E-state index contributed by atoms with van der Waals surface area (Å²) in [5, 5.41) is 17.6. The Bertz CT molecular complexity index is 1350. The van der Waals surface area contributed by atoms with Crippen LogP contribution in [0.15, 0.2) is 42.7 Å². The minimum absolute atomic E-state index is 0.130. The van der Waals surface area contributed by atoms with E-state index in [1.54, 1.807) is 19.3 Å². The molecule has 1 amide bonds. The van der Waals surface area contributed by atoms with E-state index in [2.05, 4.69) is 75.8 Å². The van der Waals surface area contributed by atoms with E-state index in [4.69, 9.17) is 10.1 Å². The molecule has 0 spiro atoms. The van der Waals surface area contributed by atoms with Gasteiger partial charge >= 0.3 is 0 Å². The van der Waals surface area contributed by atoms with Crippen molar-refractivity contribution in [3.63, 3.8) is 0 Å². The van der Waals surface area contributed by atoms with E-state index in [1.807, 2.05) is 15.6 Å². The average Bonchev–Trinajstić information content (AvgIpc) is 3.38. The second-order valence-electron chi connectivity index (χ2n) is 12.8. The third-order valence-corrected chi connectivity index (χ3v) is 8.97. The van der Waals surface area contributed by atoms with Crippen LogP contribution in [0.25, 0.3) is 11.4 Å². The summed E-state index contributed by atoms with van der Waals surface area (Å²) in [5.41, 5.74) is 2.09. The van der Waals surface area contributed by atoms with Crippen molar-refractivity contribution < 1.29 is 9.90 Å². The Kier molecular flexibility index (Phi) is 7.61. The maximum atomic E-state index is 12.6. The first kappa shape index (κ1) is 28.4. The summed E-state index contributed by atoms with van der Waals surface area (Å²) in [6.45, 7) is 15.4. The summed E-state index contributed by atoms with van der Waals surface area (Å²) in [5.74, 6) is 2.39. The Morgan fingerprint density at radius 1 is 1.05 bits per heavy atom. The molecule has 2 aliphatic rings. The molecule has 3 aromatic rings. The zero-order valence-corrected chi connectivity index (χ0v) is 25.1. The number of nitrogens with zero attached hydrogens (tertiary/aromatic N) is 6. The standard InChI is InChI=1S/C32H44N6O2/c1-21(2)24-8-10-27(11-9-24)32(40,31(6)19-36(7)20-31)28-16-26(17-33-18-28)29-34-30(38(35-29)22(3)4)25-12-14-37(15-13-25)23(5)39/h8-11,16-18,21-22,25,40H,12-15,19-20H2,1-7H3. The van der Waals surface area contributed by atoms with Crippen LogP contribution in [-0.4, -0.2) is 73.8 Å². The topological polar surface area (TPSA) is 87.4 Å². The zero-order chi connectivity index (χ0) is 28.8. The Hall–Kier alpha value is -3.10. The van der Waals surface area contributed by atoms with Crippen LogP contribution in [-0.2, 0) is 10.4 Å². The maximum Gasteiger partial charge on any atom is 0.219 e. The number of hydrogen-bond acceptors (Lipinski definition) is 6. The fraction of sp³-hybridized carbons (Fsp3) is 0.562. The number of carbonyl (C=O) groups is 1. The van der Waals surface area contributed by atoms with Gasteiger partial charge in [0.15, 0.2) is 5.82 Å². The van der Waals surface area contributed by atoms with E-state index < -0.39 is 5.60 Å². The number of aliphatic hydroxyl groups is 1. The van der Waals surface area contributed by atoms with Crippen LogP contribution in [0.1, 0.15) is 94.8 Å². The molecule has 0 bridgehead atoms. The lowest BCUT2D eigenvalue weighted by Gasteiger charge is -2.55. The van der Waals surface area contributed by atoms with E-state index in [-0.39, 0.29) is 23.3 Å². The molecule has 2 aromatic heterocycles. The van der Waals surface area contributed by atoms with Crippen molar-refractivity contribution in [1.29, 1.82) is 0 Å². The Morgan fingerprint density at radius 3 is 2.25 bits per heavy atom. The lowest BCUT2D eigenvalue weighted by molar-refractivity contribution is -0.129. The fourth-order valence-electron chi connectivity index (χ4n) is 6.68. The van der Waals surface area contributed by atoms with Gasteiger partial charge in [-0.2, -0.15) is 5.10 Å². The third kappa shape index (κ3) is 4.96. The molecule has 2 fully saturated rings. The van der Waals surface area contributed by atoms with Gasteiger partial charge < -0.3 is 14.9 Å². The molecular formula is C32H44N6O2. The lowest BCUT2D eigenvalue weighted by atomic mass is 9.62. The first-order valence-corrected chi connectivity index (χ1v) is 14.6. The highest BCUT2D eigenvalue weighted by atomic mass is 16.3. The summed E-state index contributed by atoms with van der Waals surface area (Å²) in [6.07, 6.45) is 5.34. The molecule has 2 saturated heterocycles. The van der Waals surface area contributed by atoms with Gasteiger partial charge in [-0.1, -0.05) is 45.0 Å². The van der Waals surface area contributed by atoms with Crippen molar-refractivity contribution in [3.05, 3.63) is 65.2 Å². The molecule has 8 heteroatoms. The molecule has 1 unspecified atom stereocenters. The van der Waals surface area contributed by atoms with E-state index in [1.165, 1.54) is 5.56 Å². The maximum absolute atomic E-state index is 12.6. The summed E-state index contributed by atoms with van der Waals surface area (Å²) >= 11 is 0. The first-order chi connectivity index (χ1) is 18.9. The van der Waals surface area contributed by atoms with Crippen LogP contribution in [0.5, 0.6) is 0 Å². The van der Waals surface area contributed by atoms with Crippen LogP contribution in [0.4, 0.5) is 0 Å². The fourth-order valence-corrected chi connectivity index (χ4v) is 6.68. The molecular weight excluding hydrogens is 500 g/mol. The van der Waals surface area contributed by atoms with Crippen molar-refractivity contribution in [2.75, 3.05) is 33.2 Å². The summed E-state index contributed by atoms with van der Waals surface area (Å²) in [7, 11) is 2.09. The first-order valence-electron chi connectivity index (χ1n) is 14.6. The molecule has 2 aliphatic heterocycles. The van der Waals surface area contributed by atoms with Gasteiger partial charge in [-0.3, -0.25) is 9.78 Å². The van der Waals surface area contributed by atoms with Crippen molar-refractivity contribution in [1.82, 2.24) is 29.5 Å². The highest BCUT2D eigenvalue weighted by Crippen LogP contribution is 2.50. The van der Waals surface area contributed by atoms with E-state index in [0.29, 0.717) is 11.7 Å². The molecule has 0 radical (unpaired) electrons. The Morgan fingerprint density at radius 2 is 1.70 bits per heavy atom. The monoisotopic (exact) mass is 544 g/mol. The van der Waals surface area contributed by atoms with Crippen LogP contribution in [0.2, 0.25) is 0 Å². The van der Waals surface area contributed by atoms with Gasteiger partial charge in [0.1, 0.15) is 11.4 Å². The van der Waals surface area contributed by atoms with Crippen LogP contribution in [0, 0.1) is 5.41 Å². The molecule has 8 nitrogen and oxygen atoms in total. The van der Waals surface area contributed by atoms with Gasteiger partial charge in [0.05, 0.1) is 0 Å². The number of amides is 1. The Balaban J connectivity index is 1.53. The number of likely N-dealkylation sites (tertiary alicyclic amines) is 2. The number of aromatic nitrogens is 4. The minimum atomic E-state index is -1.22. The van der Waals surface area contributed by atoms with Crippen molar-refractivity contribution in [2.24, 2.45) is 5.41 Å². The molecule has 4 heterocycles. The normalized spacial score (nSPS) is 19.6. The molecule has 1 aromatic carbocycles. The van der Waals surface area contributed by atoms with Crippen LogP contribution in [0.3, 0.4) is 0 Å². The minimum Gasteiger partial charge on any atom is -0.380 e. The van der Waals surface area contributed by atoms with Crippen molar-refractivity contribution >= 4 is 5.91 Å². The number of rotatable bonds is 7. The number of carbonyl (C=O) groups excluding carboxylic acids is 1. The number of pyridine rings is 1.